The maximum atomic E-state index is 13.1. The number of alkyl carbamates (subject to hydrolysis) is 1. The fraction of sp³-hybridized carbons (Fsp3) is 0.423. The first kappa shape index (κ1) is 24.7. The zero-order chi connectivity index (χ0) is 24.9. The Balaban J connectivity index is 1.40. The Hall–Kier alpha value is -3.43. The van der Waals surface area contributed by atoms with Crippen molar-refractivity contribution in [2.75, 3.05) is 40.0 Å². The van der Waals surface area contributed by atoms with Crippen molar-refractivity contribution in [3.8, 4) is 11.1 Å². The van der Waals surface area contributed by atoms with E-state index in [0.717, 1.165) is 22.3 Å². The van der Waals surface area contributed by atoms with Gasteiger partial charge >= 0.3 is 12.1 Å². The van der Waals surface area contributed by atoms with Gasteiger partial charge in [0, 0.05) is 32.7 Å². The van der Waals surface area contributed by atoms with E-state index < -0.39 is 36.0 Å². The molecule has 1 aliphatic heterocycles. The maximum Gasteiger partial charge on any atom is 0.407 e. The highest BCUT2D eigenvalue weighted by Crippen LogP contribution is 2.44. The smallest absolute Gasteiger partial charge is 0.407 e. The highest BCUT2D eigenvalue weighted by Gasteiger charge is 2.42. The molecule has 2 aromatic rings. The van der Waals surface area contributed by atoms with E-state index in [2.05, 4.69) is 17.4 Å². The average molecular weight is 483 g/mol. The molecule has 1 heterocycles. The summed E-state index contributed by atoms with van der Waals surface area (Å²) in [5.74, 6) is -2.39. The molecule has 9 heteroatoms. The number of aliphatic carboxylic acids is 1. The molecule has 2 aromatic carbocycles. The quantitative estimate of drug-likeness (QED) is 0.564. The van der Waals surface area contributed by atoms with Crippen molar-refractivity contribution in [2.24, 2.45) is 5.92 Å². The summed E-state index contributed by atoms with van der Waals surface area (Å²) < 4.78 is 16.2. The number of nitrogens with zero attached hydrogens (tertiary/aromatic N) is 1. The molecule has 3 unspecified atom stereocenters. The maximum absolute atomic E-state index is 13.1. The normalized spacial score (nSPS) is 19.7. The van der Waals surface area contributed by atoms with Crippen molar-refractivity contribution >= 4 is 18.0 Å². The second-order valence-corrected chi connectivity index (χ2v) is 8.66. The van der Waals surface area contributed by atoms with Crippen LogP contribution in [0.3, 0.4) is 0 Å². The van der Waals surface area contributed by atoms with E-state index in [1.807, 2.05) is 36.4 Å². The van der Waals surface area contributed by atoms with Crippen molar-refractivity contribution < 1.29 is 33.7 Å². The number of rotatable bonds is 9. The summed E-state index contributed by atoms with van der Waals surface area (Å²) in [6, 6.07) is 15.0. The largest absolute Gasteiger partial charge is 0.481 e. The molecule has 9 nitrogen and oxygen atoms in total. The lowest BCUT2D eigenvalue weighted by Crippen LogP contribution is -2.50. The fourth-order valence-corrected chi connectivity index (χ4v) is 4.92. The summed E-state index contributed by atoms with van der Waals surface area (Å²) in [7, 11) is 1.42. The van der Waals surface area contributed by atoms with Crippen LogP contribution in [-0.4, -0.2) is 80.1 Å². The number of amides is 2. The molecule has 0 spiro atoms. The Kier molecular flexibility index (Phi) is 7.67. The Bertz CT molecular complexity index is 1040. The third-order valence-corrected chi connectivity index (χ3v) is 6.54. The summed E-state index contributed by atoms with van der Waals surface area (Å²) in [6.07, 6.45) is -1.34. The van der Waals surface area contributed by atoms with E-state index >= 15 is 0 Å². The second kappa shape index (κ2) is 10.9. The molecular formula is C26H30N2O7. The van der Waals surface area contributed by atoms with Gasteiger partial charge in [0.2, 0.25) is 5.91 Å². The first-order valence-electron chi connectivity index (χ1n) is 11.7. The number of carbonyl (C=O) groups excluding carboxylic acids is 2. The van der Waals surface area contributed by atoms with E-state index in [9.17, 15) is 19.5 Å². The van der Waals surface area contributed by atoms with Crippen molar-refractivity contribution in [3.05, 3.63) is 59.7 Å². The van der Waals surface area contributed by atoms with Crippen molar-refractivity contribution in [1.29, 1.82) is 0 Å². The lowest BCUT2D eigenvalue weighted by Gasteiger charge is -2.24. The molecule has 0 radical (unpaired) electrons. The topological polar surface area (TPSA) is 114 Å². The Morgan fingerprint density at radius 1 is 1.06 bits per heavy atom. The number of nitrogens with one attached hydrogen (secondary N) is 1. The number of ether oxygens (including phenoxy) is 3. The molecule has 4 rings (SSSR count). The zero-order valence-electron chi connectivity index (χ0n) is 19.8. The molecule has 3 atom stereocenters. The summed E-state index contributed by atoms with van der Waals surface area (Å²) in [5, 5.41) is 12.1. The number of benzene rings is 2. The van der Waals surface area contributed by atoms with Crippen LogP contribution < -0.4 is 5.32 Å². The summed E-state index contributed by atoms with van der Waals surface area (Å²) in [4.78, 5) is 38.8. The number of carbonyl (C=O) groups is 3. The van der Waals surface area contributed by atoms with Crippen LogP contribution in [0.5, 0.6) is 0 Å². The minimum Gasteiger partial charge on any atom is -0.481 e. The van der Waals surface area contributed by atoms with E-state index in [-0.39, 0.29) is 32.2 Å². The summed E-state index contributed by atoms with van der Waals surface area (Å²) >= 11 is 0. The van der Waals surface area contributed by atoms with Crippen LogP contribution in [0.25, 0.3) is 11.1 Å². The van der Waals surface area contributed by atoms with Crippen LogP contribution in [0.15, 0.2) is 48.5 Å². The Labute approximate surface area is 204 Å². The molecule has 2 aliphatic rings. The average Bonchev–Trinajstić information content (AvgIpc) is 3.42. The van der Waals surface area contributed by atoms with Crippen LogP contribution in [0.4, 0.5) is 4.79 Å². The molecule has 186 valence electrons. The number of fused-ring (bicyclic) bond motifs is 3. The molecule has 35 heavy (non-hydrogen) atoms. The molecule has 1 saturated heterocycles. The third-order valence-electron chi connectivity index (χ3n) is 6.54. The summed E-state index contributed by atoms with van der Waals surface area (Å²) in [5.41, 5.74) is 4.42. The Morgan fingerprint density at radius 3 is 2.26 bits per heavy atom. The number of carboxylic acids is 1. The predicted molar refractivity (Wildman–Crippen MR) is 127 cm³/mol. The fourth-order valence-electron chi connectivity index (χ4n) is 4.92. The molecule has 2 amide bonds. The van der Waals surface area contributed by atoms with Crippen LogP contribution in [0, 0.1) is 5.92 Å². The van der Waals surface area contributed by atoms with E-state index in [1.165, 1.54) is 12.0 Å². The van der Waals surface area contributed by atoms with Gasteiger partial charge in [0.1, 0.15) is 18.6 Å². The molecule has 2 N–H and O–H groups in total. The first-order valence-corrected chi connectivity index (χ1v) is 11.7. The standard InChI is InChI=1S/C26H30N2O7/c1-3-34-23-13-28(12-20(23)25(30)31)24(29)22(15-33-2)27-26(32)35-14-21-18-10-6-4-8-16(18)17-9-5-7-11-19(17)21/h4-11,20-23H,3,12-15H2,1-2H3,(H,27,32)(H,30,31). The molecule has 0 saturated carbocycles. The van der Waals surface area contributed by atoms with Crippen LogP contribution in [0.1, 0.15) is 24.0 Å². The molecule has 0 aromatic heterocycles. The van der Waals surface area contributed by atoms with Gasteiger partial charge in [-0.15, -0.1) is 0 Å². The lowest BCUT2D eigenvalue weighted by atomic mass is 9.98. The SMILES string of the molecule is CCOC1CN(C(=O)C(COC)NC(=O)OCC2c3ccccc3-c3ccccc32)CC1C(=O)O. The van der Waals surface area contributed by atoms with Crippen LogP contribution in [-0.2, 0) is 23.8 Å². The molecule has 0 bridgehead atoms. The third kappa shape index (κ3) is 5.16. The van der Waals surface area contributed by atoms with Gasteiger partial charge in [-0.25, -0.2) is 4.79 Å². The van der Waals surface area contributed by atoms with Gasteiger partial charge in [-0.1, -0.05) is 48.5 Å². The molecule has 1 aliphatic carbocycles. The number of methoxy groups -OCH3 is 1. The van der Waals surface area contributed by atoms with Gasteiger partial charge in [-0.2, -0.15) is 0 Å². The molecular weight excluding hydrogens is 452 g/mol. The Morgan fingerprint density at radius 2 is 1.69 bits per heavy atom. The molecule has 1 fully saturated rings. The van der Waals surface area contributed by atoms with Gasteiger partial charge in [-0.05, 0) is 29.2 Å². The van der Waals surface area contributed by atoms with Gasteiger partial charge < -0.3 is 29.5 Å². The van der Waals surface area contributed by atoms with E-state index in [1.54, 1.807) is 6.92 Å². The first-order chi connectivity index (χ1) is 16.9. The monoisotopic (exact) mass is 482 g/mol. The minimum atomic E-state index is -1.02. The van der Waals surface area contributed by atoms with Gasteiger partial charge in [0.15, 0.2) is 0 Å². The second-order valence-electron chi connectivity index (χ2n) is 8.66. The van der Waals surface area contributed by atoms with Crippen LogP contribution >= 0.6 is 0 Å². The van der Waals surface area contributed by atoms with Gasteiger partial charge in [0.25, 0.3) is 0 Å². The van der Waals surface area contributed by atoms with Crippen molar-refractivity contribution in [1.82, 2.24) is 10.2 Å². The van der Waals surface area contributed by atoms with E-state index in [0.29, 0.717) is 6.61 Å². The summed E-state index contributed by atoms with van der Waals surface area (Å²) in [6.45, 7) is 2.30. The van der Waals surface area contributed by atoms with Gasteiger partial charge in [-0.3, -0.25) is 9.59 Å². The number of hydrogen-bond acceptors (Lipinski definition) is 6. The van der Waals surface area contributed by atoms with Crippen molar-refractivity contribution in [3.63, 3.8) is 0 Å². The highest BCUT2D eigenvalue weighted by atomic mass is 16.5. The van der Waals surface area contributed by atoms with Crippen LogP contribution in [0.2, 0.25) is 0 Å². The van der Waals surface area contributed by atoms with E-state index in [4.69, 9.17) is 14.2 Å². The van der Waals surface area contributed by atoms with Crippen molar-refractivity contribution in [2.45, 2.75) is 25.0 Å². The lowest BCUT2D eigenvalue weighted by molar-refractivity contribution is -0.145. The zero-order valence-corrected chi connectivity index (χ0v) is 19.8. The minimum absolute atomic E-state index is 0.00537. The highest BCUT2D eigenvalue weighted by molar-refractivity contribution is 5.87. The predicted octanol–water partition coefficient (Wildman–Crippen LogP) is 2.49. The number of carboxylic acid groups (broad SMARTS) is 1. The van der Waals surface area contributed by atoms with Gasteiger partial charge in [0.05, 0.1) is 12.7 Å². The number of hydrogen-bond donors (Lipinski definition) is 2. The number of likely N-dealkylation sites (tertiary alicyclic amines) is 1.